The largest absolute Gasteiger partial charge is 0.493 e. The minimum Gasteiger partial charge on any atom is -0.493 e. The summed E-state index contributed by atoms with van der Waals surface area (Å²) in [6.07, 6.45) is 3.89. The van der Waals surface area contributed by atoms with Gasteiger partial charge in [0.1, 0.15) is 12.4 Å². The Morgan fingerprint density at radius 1 is 1.08 bits per heavy atom. The van der Waals surface area contributed by atoms with Crippen LogP contribution < -0.4 is 14.2 Å². The third kappa shape index (κ3) is 6.43. The normalized spacial score (nSPS) is 14.9. The smallest absolute Gasteiger partial charge is 0.320 e. The lowest BCUT2D eigenvalue weighted by atomic mass is 9.93. The minimum atomic E-state index is -2.56. The summed E-state index contributed by atoms with van der Waals surface area (Å²) in [6.45, 7) is 9.52. The van der Waals surface area contributed by atoms with Crippen molar-refractivity contribution >= 4 is 6.08 Å². The standard InChI is InChI=1S/C29H33F2N3O3/c1-5-22-17-32-28(33-27(22)35-4)37-18-23-9-6-10-24(20(23)2)25-11-7-12-26(21(25)3)36-16-8-14-34-15-13-29(30,31)19-34/h5-7,9-12,17H,1,8,13-16,18-19H2,2-4H3. The molecular weight excluding hydrogens is 476 g/mol. The summed E-state index contributed by atoms with van der Waals surface area (Å²) in [5.41, 5.74) is 5.99. The van der Waals surface area contributed by atoms with Crippen LogP contribution in [-0.4, -0.2) is 54.1 Å². The van der Waals surface area contributed by atoms with Gasteiger partial charge in [-0.15, -0.1) is 0 Å². The van der Waals surface area contributed by atoms with Crippen LogP contribution in [0.3, 0.4) is 0 Å². The molecule has 0 aliphatic carbocycles. The van der Waals surface area contributed by atoms with E-state index < -0.39 is 5.92 Å². The zero-order valence-corrected chi connectivity index (χ0v) is 21.6. The lowest BCUT2D eigenvalue weighted by Crippen LogP contribution is -2.27. The van der Waals surface area contributed by atoms with Gasteiger partial charge in [-0.05, 0) is 54.2 Å². The van der Waals surface area contributed by atoms with Crippen LogP contribution in [-0.2, 0) is 6.61 Å². The molecule has 1 aromatic heterocycles. The summed E-state index contributed by atoms with van der Waals surface area (Å²) < 4.78 is 44.0. The summed E-state index contributed by atoms with van der Waals surface area (Å²) in [7, 11) is 1.54. The third-order valence-corrected chi connectivity index (χ3v) is 6.67. The highest BCUT2D eigenvalue weighted by Crippen LogP contribution is 2.34. The van der Waals surface area contributed by atoms with Crippen molar-refractivity contribution in [2.24, 2.45) is 0 Å². The predicted molar refractivity (Wildman–Crippen MR) is 140 cm³/mol. The molecule has 1 aliphatic heterocycles. The van der Waals surface area contributed by atoms with Crippen LogP contribution in [0.2, 0.25) is 0 Å². The first-order valence-corrected chi connectivity index (χ1v) is 12.4. The van der Waals surface area contributed by atoms with Gasteiger partial charge in [-0.1, -0.05) is 43.0 Å². The van der Waals surface area contributed by atoms with Crippen LogP contribution in [0.25, 0.3) is 17.2 Å². The fourth-order valence-electron chi connectivity index (χ4n) is 4.54. The molecule has 3 aromatic rings. The number of rotatable bonds is 11. The molecule has 196 valence electrons. The number of hydrogen-bond donors (Lipinski definition) is 0. The lowest BCUT2D eigenvalue weighted by Gasteiger charge is -2.18. The van der Waals surface area contributed by atoms with Gasteiger partial charge in [0.05, 0.1) is 25.8 Å². The Bertz CT molecular complexity index is 1250. The van der Waals surface area contributed by atoms with Crippen molar-refractivity contribution in [1.29, 1.82) is 0 Å². The van der Waals surface area contributed by atoms with Gasteiger partial charge in [-0.2, -0.15) is 4.98 Å². The van der Waals surface area contributed by atoms with Crippen molar-refractivity contribution in [3.05, 3.63) is 71.4 Å². The van der Waals surface area contributed by atoms with Gasteiger partial charge in [-0.25, -0.2) is 13.8 Å². The second-order valence-corrected chi connectivity index (χ2v) is 9.21. The lowest BCUT2D eigenvalue weighted by molar-refractivity contribution is 0.0118. The number of nitrogens with zero attached hydrogens (tertiary/aromatic N) is 3. The number of likely N-dealkylation sites (tertiary alicyclic amines) is 1. The number of benzene rings is 2. The van der Waals surface area contributed by atoms with E-state index >= 15 is 0 Å². The Hall–Kier alpha value is -3.52. The molecule has 0 saturated carbocycles. The maximum Gasteiger partial charge on any atom is 0.320 e. The maximum absolute atomic E-state index is 13.4. The Kier molecular flexibility index (Phi) is 8.38. The van der Waals surface area contributed by atoms with Crippen molar-refractivity contribution in [2.45, 2.75) is 39.2 Å². The van der Waals surface area contributed by atoms with Crippen molar-refractivity contribution in [3.63, 3.8) is 0 Å². The molecule has 0 bridgehead atoms. The van der Waals surface area contributed by atoms with Crippen LogP contribution in [0.15, 0.2) is 49.2 Å². The van der Waals surface area contributed by atoms with E-state index in [0.717, 1.165) is 33.6 Å². The molecule has 1 fully saturated rings. The SMILES string of the molecule is C=Cc1cnc(OCc2cccc(-c3cccc(OCCCN4CCC(F)(F)C4)c3C)c2C)nc1OC. The molecule has 1 saturated heterocycles. The molecule has 0 N–H and O–H groups in total. The second-order valence-electron chi connectivity index (χ2n) is 9.21. The molecule has 2 aromatic carbocycles. The van der Waals surface area contributed by atoms with E-state index in [9.17, 15) is 8.78 Å². The molecule has 0 radical (unpaired) electrons. The first-order valence-electron chi connectivity index (χ1n) is 12.4. The van der Waals surface area contributed by atoms with Gasteiger partial charge >= 0.3 is 6.01 Å². The van der Waals surface area contributed by atoms with E-state index in [4.69, 9.17) is 14.2 Å². The van der Waals surface area contributed by atoms with Crippen molar-refractivity contribution in [1.82, 2.24) is 14.9 Å². The van der Waals surface area contributed by atoms with Gasteiger partial charge < -0.3 is 14.2 Å². The highest BCUT2D eigenvalue weighted by molar-refractivity contribution is 5.73. The van der Waals surface area contributed by atoms with Crippen LogP contribution in [0.1, 0.15) is 35.1 Å². The highest BCUT2D eigenvalue weighted by Gasteiger charge is 2.37. The maximum atomic E-state index is 13.4. The molecule has 0 unspecified atom stereocenters. The summed E-state index contributed by atoms with van der Waals surface area (Å²) in [5, 5.41) is 0. The molecule has 8 heteroatoms. The molecular formula is C29H33F2N3O3. The molecule has 37 heavy (non-hydrogen) atoms. The van der Waals surface area contributed by atoms with E-state index in [-0.39, 0.29) is 19.0 Å². The van der Waals surface area contributed by atoms with Crippen LogP contribution >= 0.6 is 0 Å². The monoisotopic (exact) mass is 509 g/mol. The van der Waals surface area contributed by atoms with Crippen molar-refractivity contribution in [2.75, 3.05) is 33.4 Å². The zero-order valence-electron chi connectivity index (χ0n) is 21.6. The summed E-state index contributed by atoms with van der Waals surface area (Å²) >= 11 is 0. The van der Waals surface area contributed by atoms with E-state index in [2.05, 4.69) is 35.6 Å². The van der Waals surface area contributed by atoms with Crippen molar-refractivity contribution < 1.29 is 23.0 Å². The van der Waals surface area contributed by atoms with Gasteiger partial charge in [0.2, 0.25) is 5.88 Å². The zero-order chi connectivity index (χ0) is 26.4. The van der Waals surface area contributed by atoms with Gasteiger partial charge in [0, 0.05) is 25.7 Å². The van der Waals surface area contributed by atoms with Crippen molar-refractivity contribution in [3.8, 4) is 28.8 Å². The van der Waals surface area contributed by atoms with E-state index in [1.54, 1.807) is 24.3 Å². The number of methoxy groups -OCH3 is 1. The van der Waals surface area contributed by atoms with E-state index in [1.807, 2.05) is 31.2 Å². The topological polar surface area (TPSA) is 56.7 Å². The van der Waals surface area contributed by atoms with Gasteiger partial charge in [0.15, 0.2) is 0 Å². The van der Waals surface area contributed by atoms with Gasteiger partial charge in [0.25, 0.3) is 5.92 Å². The number of ether oxygens (including phenoxy) is 3. The summed E-state index contributed by atoms with van der Waals surface area (Å²) in [6, 6.07) is 12.3. The fraction of sp³-hybridized carbons (Fsp3) is 0.379. The quantitative estimate of drug-likeness (QED) is 0.291. The van der Waals surface area contributed by atoms with Crippen LogP contribution in [0.4, 0.5) is 8.78 Å². The molecule has 2 heterocycles. The number of alkyl halides is 2. The average Bonchev–Trinajstić information content (AvgIpc) is 3.25. The number of hydrogen-bond acceptors (Lipinski definition) is 6. The molecule has 4 rings (SSSR count). The molecule has 0 spiro atoms. The van der Waals surface area contributed by atoms with Gasteiger partial charge in [-0.3, -0.25) is 4.90 Å². The van der Waals surface area contributed by atoms with E-state index in [0.29, 0.717) is 44.2 Å². The molecule has 6 nitrogen and oxygen atoms in total. The summed E-state index contributed by atoms with van der Waals surface area (Å²) in [4.78, 5) is 10.3. The first kappa shape index (κ1) is 26.5. The Morgan fingerprint density at radius 3 is 2.54 bits per heavy atom. The first-order chi connectivity index (χ1) is 17.8. The molecule has 0 atom stereocenters. The van der Waals surface area contributed by atoms with Crippen LogP contribution in [0, 0.1) is 13.8 Å². The van der Waals surface area contributed by atoms with E-state index in [1.165, 1.54) is 0 Å². The average molecular weight is 510 g/mol. The predicted octanol–water partition coefficient (Wildman–Crippen LogP) is 6.10. The van der Waals surface area contributed by atoms with Crippen LogP contribution in [0.5, 0.6) is 17.6 Å². The Balaban J connectivity index is 1.42. The minimum absolute atomic E-state index is 0.0543. The third-order valence-electron chi connectivity index (χ3n) is 6.67. The number of aromatic nitrogens is 2. The number of halogens is 2. The fourth-order valence-corrected chi connectivity index (χ4v) is 4.54. The highest BCUT2D eigenvalue weighted by atomic mass is 19.3. The molecule has 1 aliphatic rings. The second kappa shape index (κ2) is 11.7. The molecule has 0 amide bonds. The summed E-state index contributed by atoms with van der Waals surface area (Å²) in [5.74, 6) is -1.34. The Morgan fingerprint density at radius 2 is 1.84 bits per heavy atom. The Labute approximate surface area is 216 Å².